The number of amidine groups is 1. The molecule has 11 heteroatoms. The van der Waals surface area contributed by atoms with Gasteiger partial charge in [-0.1, -0.05) is 6.58 Å². The Morgan fingerprint density at radius 1 is 1.48 bits per heavy atom. The fourth-order valence-corrected chi connectivity index (χ4v) is 2.58. The largest absolute Gasteiger partial charge is 0.449 e. The monoisotopic (exact) mass is 397 g/mol. The molecule has 27 heavy (non-hydrogen) atoms. The summed E-state index contributed by atoms with van der Waals surface area (Å²) in [6, 6.07) is -1.43. The summed E-state index contributed by atoms with van der Waals surface area (Å²) >= 11 is 0. The maximum atomic E-state index is 13.6. The van der Waals surface area contributed by atoms with Gasteiger partial charge in [0.15, 0.2) is 0 Å². The molecule has 1 rings (SSSR count). The van der Waals surface area contributed by atoms with Crippen molar-refractivity contribution >= 4 is 18.0 Å². The SMILES string of the molecule is C=C(F)/C=N\CC(NC(=O)[C@@H]1C[C@@H](F)[C@H](C)N1)N(C)/C(=N\CC)C(F)(F)F. The molecule has 0 spiro atoms. The number of halogens is 5. The van der Waals surface area contributed by atoms with Crippen LogP contribution in [0.2, 0.25) is 0 Å². The summed E-state index contributed by atoms with van der Waals surface area (Å²) in [5.41, 5.74) is 0. The van der Waals surface area contributed by atoms with E-state index >= 15 is 0 Å². The van der Waals surface area contributed by atoms with Gasteiger partial charge in [-0.25, -0.2) is 8.78 Å². The quantitative estimate of drug-likeness (QED) is 0.299. The number of aliphatic imine (C=N–C) groups is 2. The zero-order valence-corrected chi connectivity index (χ0v) is 15.4. The van der Waals surface area contributed by atoms with Crippen molar-refractivity contribution in [1.29, 1.82) is 0 Å². The second-order valence-corrected chi connectivity index (χ2v) is 6.13. The number of alkyl halides is 4. The normalized spacial score (nSPS) is 24.9. The van der Waals surface area contributed by atoms with Gasteiger partial charge in [0.2, 0.25) is 11.7 Å². The summed E-state index contributed by atoms with van der Waals surface area (Å²) in [5.74, 6) is -2.76. The molecule has 0 aromatic rings. The van der Waals surface area contributed by atoms with Gasteiger partial charge in [0.05, 0.1) is 18.8 Å². The van der Waals surface area contributed by atoms with Crippen LogP contribution in [0.5, 0.6) is 0 Å². The topological polar surface area (TPSA) is 69.1 Å². The van der Waals surface area contributed by atoms with E-state index in [1.54, 1.807) is 6.92 Å². The Morgan fingerprint density at radius 2 is 2.11 bits per heavy atom. The molecule has 1 amide bonds. The maximum absolute atomic E-state index is 13.6. The van der Waals surface area contributed by atoms with Gasteiger partial charge < -0.3 is 15.5 Å². The molecule has 1 unspecified atom stereocenters. The van der Waals surface area contributed by atoms with Crippen molar-refractivity contribution in [3.8, 4) is 0 Å². The van der Waals surface area contributed by atoms with Crippen LogP contribution in [-0.4, -0.2) is 73.6 Å². The molecule has 0 bridgehead atoms. The molecule has 4 atom stereocenters. The van der Waals surface area contributed by atoms with Crippen molar-refractivity contribution in [3.05, 3.63) is 12.4 Å². The highest BCUT2D eigenvalue weighted by molar-refractivity contribution is 5.89. The van der Waals surface area contributed by atoms with E-state index in [9.17, 15) is 26.7 Å². The fraction of sp³-hybridized carbons (Fsp3) is 0.688. The number of hydrogen-bond donors (Lipinski definition) is 2. The molecule has 0 aliphatic carbocycles. The summed E-state index contributed by atoms with van der Waals surface area (Å²) in [6.45, 7) is 5.45. The van der Waals surface area contributed by atoms with Gasteiger partial charge in [0.25, 0.3) is 0 Å². The van der Waals surface area contributed by atoms with Gasteiger partial charge in [0.1, 0.15) is 18.2 Å². The van der Waals surface area contributed by atoms with Crippen LogP contribution in [0.15, 0.2) is 22.4 Å². The predicted octanol–water partition coefficient (Wildman–Crippen LogP) is 1.98. The van der Waals surface area contributed by atoms with E-state index in [1.165, 1.54) is 6.92 Å². The third-order valence-electron chi connectivity index (χ3n) is 3.97. The number of nitrogens with zero attached hydrogens (tertiary/aromatic N) is 3. The molecule has 1 aliphatic rings. The molecule has 0 aromatic heterocycles. The summed E-state index contributed by atoms with van der Waals surface area (Å²) in [7, 11) is 1.09. The third kappa shape index (κ3) is 6.89. The molecular weight excluding hydrogens is 373 g/mol. The van der Waals surface area contributed by atoms with E-state index in [1.807, 2.05) is 0 Å². The molecule has 0 aromatic carbocycles. The lowest BCUT2D eigenvalue weighted by Gasteiger charge is -2.32. The van der Waals surface area contributed by atoms with Crippen LogP contribution >= 0.6 is 0 Å². The Morgan fingerprint density at radius 3 is 2.56 bits per heavy atom. The fourth-order valence-electron chi connectivity index (χ4n) is 2.58. The second kappa shape index (κ2) is 9.77. The standard InChI is InChI=1S/C16H24F5N5O/c1-5-23-15(16(19,20)21)26(4)13(8-22-7-9(2)17)25-14(27)12-6-11(18)10(3)24-12/h7,10-13,24H,2,5-6,8H2,1,3-4H3,(H,25,27)/b22-7-,23-15-/t10-,11+,12-,13?/m0/s1. The molecule has 6 nitrogen and oxygen atoms in total. The third-order valence-corrected chi connectivity index (χ3v) is 3.97. The van der Waals surface area contributed by atoms with E-state index in [0.29, 0.717) is 4.90 Å². The zero-order valence-electron chi connectivity index (χ0n) is 15.4. The van der Waals surface area contributed by atoms with Crippen LogP contribution in [0.3, 0.4) is 0 Å². The van der Waals surface area contributed by atoms with Gasteiger partial charge >= 0.3 is 6.18 Å². The number of likely N-dealkylation sites (N-methyl/N-ethyl adjacent to an activating group) is 1. The van der Waals surface area contributed by atoms with E-state index in [2.05, 4.69) is 27.2 Å². The summed E-state index contributed by atoms with van der Waals surface area (Å²) < 4.78 is 66.1. The highest BCUT2D eigenvalue weighted by Crippen LogP contribution is 2.21. The summed E-state index contributed by atoms with van der Waals surface area (Å²) in [4.78, 5) is 20.1. The Bertz CT molecular complexity index is 582. The van der Waals surface area contributed by atoms with Crippen LogP contribution < -0.4 is 10.6 Å². The molecule has 1 saturated heterocycles. The molecular formula is C16H24F5N5O. The van der Waals surface area contributed by atoms with Crippen LogP contribution in [0.1, 0.15) is 20.3 Å². The minimum atomic E-state index is -4.76. The molecule has 1 aliphatic heterocycles. The molecule has 1 heterocycles. The minimum Gasteiger partial charge on any atom is -0.334 e. The lowest BCUT2D eigenvalue weighted by molar-refractivity contribution is -0.124. The zero-order chi connectivity index (χ0) is 20.8. The van der Waals surface area contributed by atoms with E-state index in [4.69, 9.17) is 0 Å². The Hall–Kier alpha value is -2.04. The molecule has 0 radical (unpaired) electrons. The van der Waals surface area contributed by atoms with Crippen LogP contribution in [0.4, 0.5) is 22.0 Å². The number of carbonyl (C=O) groups is 1. The Balaban J connectivity index is 2.99. The molecule has 154 valence electrons. The molecule has 2 N–H and O–H groups in total. The first kappa shape index (κ1) is 23.0. The number of amides is 1. The van der Waals surface area contributed by atoms with Crippen molar-refractivity contribution in [2.24, 2.45) is 9.98 Å². The number of rotatable bonds is 7. The lowest BCUT2D eigenvalue weighted by atomic mass is 10.1. The first-order valence-corrected chi connectivity index (χ1v) is 8.36. The average molecular weight is 397 g/mol. The number of hydrogen-bond acceptors (Lipinski definition) is 4. The lowest BCUT2D eigenvalue weighted by Crippen LogP contribution is -2.57. The van der Waals surface area contributed by atoms with E-state index < -0.39 is 48.2 Å². The van der Waals surface area contributed by atoms with Crippen LogP contribution in [0.25, 0.3) is 0 Å². The van der Waals surface area contributed by atoms with Gasteiger partial charge in [-0.2, -0.15) is 13.2 Å². The van der Waals surface area contributed by atoms with Gasteiger partial charge in [0, 0.05) is 26.1 Å². The minimum absolute atomic E-state index is 0.0941. The number of allylic oxidation sites excluding steroid dienone is 1. The predicted molar refractivity (Wildman–Crippen MR) is 93.2 cm³/mol. The Kier molecular flexibility index (Phi) is 8.32. The second-order valence-electron chi connectivity index (χ2n) is 6.13. The van der Waals surface area contributed by atoms with Gasteiger partial charge in [-0.05, 0) is 13.8 Å². The van der Waals surface area contributed by atoms with Crippen molar-refractivity contribution in [1.82, 2.24) is 15.5 Å². The first-order valence-electron chi connectivity index (χ1n) is 8.36. The highest BCUT2D eigenvalue weighted by atomic mass is 19.4. The van der Waals surface area contributed by atoms with Gasteiger partial charge in [-0.3, -0.25) is 14.8 Å². The first-order chi connectivity index (χ1) is 12.5. The van der Waals surface area contributed by atoms with Crippen molar-refractivity contribution < 1.29 is 26.7 Å². The smallest absolute Gasteiger partial charge is 0.334 e. The number of nitrogens with one attached hydrogen (secondary N) is 2. The average Bonchev–Trinajstić information content (AvgIpc) is 2.89. The molecule has 0 saturated carbocycles. The van der Waals surface area contributed by atoms with Crippen molar-refractivity contribution in [2.45, 2.75) is 50.9 Å². The summed E-state index contributed by atoms with van der Waals surface area (Å²) in [5, 5.41) is 5.13. The Labute approximate surface area is 154 Å². The van der Waals surface area contributed by atoms with E-state index in [0.717, 1.165) is 13.3 Å². The molecule has 1 fully saturated rings. The van der Waals surface area contributed by atoms with Crippen molar-refractivity contribution in [2.75, 3.05) is 20.1 Å². The highest BCUT2D eigenvalue weighted by Gasteiger charge is 2.42. The number of carbonyl (C=O) groups excluding carboxylic acids is 1. The summed E-state index contributed by atoms with van der Waals surface area (Å²) in [6.07, 6.45) is -6.62. The van der Waals surface area contributed by atoms with Crippen LogP contribution in [-0.2, 0) is 4.79 Å². The van der Waals surface area contributed by atoms with Gasteiger partial charge in [-0.15, -0.1) is 0 Å². The van der Waals surface area contributed by atoms with Crippen molar-refractivity contribution in [3.63, 3.8) is 0 Å². The maximum Gasteiger partial charge on any atom is 0.449 e. The van der Waals surface area contributed by atoms with Crippen LogP contribution in [0, 0.1) is 0 Å². The van der Waals surface area contributed by atoms with E-state index in [-0.39, 0.29) is 19.5 Å².